The number of likely N-dealkylation sites (N-methyl/N-ethyl adjacent to an activating group) is 1. The van der Waals surface area contributed by atoms with Crippen LogP contribution >= 0.6 is 0 Å². The van der Waals surface area contributed by atoms with Gasteiger partial charge in [-0.25, -0.2) is 13.6 Å². The van der Waals surface area contributed by atoms with Crippen LogP contribution in [0.1, 0.15) is 106 Å². The maximum absolute atomic E-state index is 12.5. The quantitative estimate of drug-likeness (QED) is 0.195. The Morgan fingerprint density at radius 2 is 1.71 bits per heavy atom. The normalized spacial score (nSPS) is 20.4. The lowest BCUT2D eigenvalue weighted by molar-refractivity contribution is -0.127. The Balaban J connectivity index is 0. The molecule has 1 saturated heterocycles. The minimum absolute atomic E-state index is 0.0278. The third kappa shape index (κ3) is 17.8. The van der Waals surface area contributed by atoms with Crippen molar-refractivity contribution in [1.82, 2.24) is 9.80 Å². The Morgan fingerprint density at radius 1 is 1.15 bits per heavy atom. The molecule has 0 radical (unpaired) electrons. The van der Waals surface area contributed by atoms with Gasteiger partial charge in [0.25, 0.3) is 5.91 Å². The van der Waals surface area contributed by atoms with Gasteiger partial charge >= 0.3 is 6.03 Å². The number of allylic oxidation sites excluding steroid dienone is 5. The van der Waals surface area contributed by atoms with Gasteiger partial charge in [0.2, 0.25) is 11.8 Å². The molecule has 1 unspecified atom stereocenters. The number of hydrogen-bond acceptors (Lipinski definition) is 4. The lowest BCUT2D eigenvalue weighted by Crippen LogP contribution is -2.37. The first-order valence-corrected chi connectivity index (χ1v) is 15.1. The fourth-order valence-corrected chi connectivity index (χ4v) is 4.46. The predicted molar refractivity (Wildman–Crippen MR) is 166 cm³/mol. The van der Waals surface area contributed by atoms with Crippen LogP contribution in [0.15, 0.2) is 36.0 Å². The van der Waals surface area contributed by atoms with Crippen LogP contribution < -0.4 is 11.5 Å². The number of urea groups is 1. The summed E-state index contributed by atoms with van der Waals surface area (Å²) < 4.78 is 25.0. The van der Waals surface area contributed by atoms with Crippen molar-refractivity contribution in [2.75, 3.05) is 20.1 Å². The molecule has 0 bridgehead atoms. The van der Waals surface area contributed by atoms with Gasteiger partial charge in [-0.2, -0.15) is 0 Å². The van der Waals surface area contributed by atoms with E-state index in [1.54, 1.807) is 7.05 Å². The highest BCUT2D eigenvalue weighted by Gasteiger charge is 2.36. The Hall–Kier alpha value is -2.55. The maximum Gasteiger partial charge on any atom is 0.327 e. The van der Waals surface area contributed by atoms with Crippen molar-refractivity contribution in [1.29, 1.82) is 0 Å². The monoisotopic (exact) mass is 584 g/mol. The van der Waals surface area contributed by atoms with E-state index in [9.17, 15) is 23.2 Å². The van der Waals surface area contributed by atoms with Crippen LogP contribution in [0.25, 0.3) is 0 Å². The van der Waals surface area contributed by atoms with E-state index in [4.69, 9.17) is 11.5 Å². The van der Waals surface area contributed by atoms with Gasteiger partial charge in [0.05, 0.1) is 0 Å². The first-order valence-electron chi connectivity index (χ1n) is 15.1. The van der Waals surface area contributed by atoms with Crippen LogP contribution in [-0.4, -0.2) is 59.7 Å². The average molecular weight is 585 g/mol. The molecule has 41 heavy (non-hydrogen) atoms. The van der Waals surface area contributed by atoms with Crippen molar-refractivity contribution >= 4 is 17.8 Å². The number of rotatable bonds is 6. The van der Waals surface area contributed by atoms with Crippen molar-refractivity contribution in [3.8, 4) is 0 Å². The van der Waals surface area contributed by atoms with Crippen LogP contribution in [-0.2, 0) is 9.59 Å². The first kappa shape index (κ1) is 40.6. The maximum atomic E-state index is 12.5. The zero-order valence-electron chi connectivity index (χ0n) is 27.0. The van der Waals surface area contributed by atoms with Gasteiger partial charge in [-0.15, -0.1) is 0 Å². The molecule has 4 N–H and O–H groups in total. The minimum atomic E-state index is -2.56. The van der Waals surface area contributed by atoms with Gasteiger partial charge in [0.15, 0.2) is 0 Å². The van der Waals surface area contributed by atoms with E-state index >= 15 is 0 Å². The molecule has 9 heteroatoms. The van der Waals surface area contributed by atoms with Crippen molar-refractivity contribution in [2.45, 2.75) is 118 Å². The molecule has 2 saturated carbocycles. The van der Waals surface area contributed by atoms with Gasteiger partial charge in [-0.3, -0.25) is 14.5 Å². The van der Waals surface area contributed by atoms with Crippen molar-refractivity contribution in [3.05, 3.63) is 36.0 Å². The van der Waals surface area contributed by atoms with Crippen molar-refractivity contribution in [2.24, 2.45) is 23.3 Å². The Bertz CT molecular complexity index is 846. The zero-order chi connectivity index (χ0) is 32.2. The summed E-state index contributed by atoms with van der Waals surface area (Å²) in [5.74, 6) is -2.51. The number of hydrogen-bond donors (Lipinski definition) is 2. The van der Waals surface area contributed by atoms with Crippen LogP contribution in [0.2, 0.25) is 0 Å². The molecule has 1 aliphatic heterocycles. The molecule has 0 aromatic heterocycles. The number of nitrogens with two attached hydrogens (primary N) is 2. The first-order chi connectivity index (χ1) is 19.2. The molecule has 2 aliphatic carbocycles. The highest BCUT2D eigenvalue weighted by atomic mass is 19.3. The number of nitrogens with zero attached hydrogens (tertiary/aromatic N) is 2. The molecule has 1 heterocycles. The lowest BCUT2D eigenvalue weighted by atomic mass is 9.86. The summed E-state index contributed by atoms with van der Waals surface area (Å²) in [6.07, 6.45) is 12.5. The molecule has 7 nitrogen and oxygen atoms in total. The molecule has 1 atom stereocenters. The van der Waals surface area contributed by atoms with Crippen LogP contribution in [0.5, 0.6) is 0 Å². The fourth-order valence-electron chi connectivity index (χ4n) is 4.46. The van der Waals surface area contributed by atoms with Gasteiger partial charge in [0.1, 0.15) is 6.54 Å². The molecule has 0 spiro atoms. The van der Waals surface area contributed by atoms with E-state index in [1.807, 2.05) is 34.6 Å². The van der Waals surface area contributed by atoms with Crippen molar-refractivity contribution in [3.63, 3.8) is 0 Å². The molecule has 3 rings (SSSR count). The third-order valence-corrected chi connectivity index (χ3v) is 6.86. The second-order valence-corrected chi connectivity index (χ2v) is 10.9. The zero-order valence-corrected chi connectivity index (χ0v) is 27.0. The summed E-state index contributed by atoms with van der Waals surface area (Å²) in [4.78, 5) is 35.5. The standard InChI is InChI=1S/C9H17N.C7H11F2NO.C7H12N2O2.C7H12.C2H6/c1-3-6-9(4-2)7-5-8-10;8-7(9)3-1-5(2-4-7)6(10)11;1-5(2)9-6(10)4-8(3)7(9)11;1-6-3-4-7(2)5-6;1-2/h3-4,6H,5,7-8,10H2,1-2H3;5H,1-4H2,(H2,10,11);5H,4H2,1-3H3;7H,1,3-5H2,2H3;1-2H3/b6-3-,9-4+;;;;. The second-order valence-electron chi connectivity index (χ2n) is 10.9. The SMILES string of the molecule is C/C=C\C(=C/C)CCCN.C=C1CCC(C)C1.CC.CC(C)N1C(=O)CN(C)C1=O.NC(=O)C1CCC(F)(F)CC1. The summed E-state index contributed by atoms with van der Waals surface area (Å²) in [6.45, 7) is 19.0. The van der Waals surface area contributed by atoms with E-state index in [-0.39, 0.29) is 56.1 Å². The van der Waals surface area contributed by atoms with Crippen molar-refractivity contribution < 1.29 is 23.2 Å². The number of primary amides is 1. The summed E-state index contributed by atoms with van der Waals surface area (Å²) in [5, 5.41) is 0. The summed E-state index contributed by atoms with van der Waals surface area (Å²) in [5.41, 5.74) is 13.2. The highest BCUT2D eigenvalue weighted by Crippen LogP contribution is 2.35. The van der Waals surface area contributed by atoms with E-state index < -0.39 is 11.8 Å². The minimum Gasteiger partial charge on any atom is -0.369 e. The van der Waals surface area contributed by atoms with Gasteiger partial charge in [-0.05, 0) is 85.1 Å². The predicted octanol–water partition coefficient (Wildman–Crippen LogP) is 7.22. The molecule has 0 aromatic rings. The van der Waals surface area contributed by atoms with E-state index in [2.05, 4.69) is 38.7 Å². The average Bonchev–Trinajstić information content (AvgIpc) is 3.42. The molecule has 4 amide bonds. The van der Waals surface area contributed by atoms with Gasteiger partial charge < -0.3 is 16.4 Å². The Labute approximate surface area is 248 Å². The number of amides is 4. The Morgan fingerprint density at radius 3 is 1.98 bits per heavy atom. The molecule has 3 aliphatic rings. The summed E-state index contributed by atoms with van der Waals surface area (Å²) in [6, 6.07) is -0.218. The van der Waals surface area contributed by atoms with E-state index in [0.717, 1.165) is 25.3 Å². The third-order valence-electron chi connectivity index (χ3n) is 6.86. The highest BCUT2D eigenvalue weighted by molar-refractivity contribution is 6.02. The van der Waals surface area contributed by atoms with Gasteiger partial charge in [0, 0.05) is 31.8 Å². The molecule has 238 valence electrons. The van der Waals surface area contributed by atoms with Crippen LogP contribution in [0.4, 0.5) is 13.6 Å². The molecular weight excluding hydrogens is 526 g/mol. The number of carbonyl (C=O) groups is 3. The summed E-state index contributed by atoms with van der Waals surface area (Å²) in [7, 11) is 1.63. The van der Waals surface area contributed by atoms with E-state index in [1.165, 1.54) is 40.2 Å². The Kier molecular flexibility index (Phi) is 21.9. The van der Waals surface area contributed by atoms with Gasteiger partial charge in [-0.1, -0.05) is 56.7 Å². The summed E-state index contributed by atoms with van der Waals surface area (Å²) >= 11 is 0. The van der Waals surface area contributed by atoms with E-state index in [0.29, 0.717) is 0 Å². The molecule has 3 fully saturated rings. The number of halogens is 2. The topological polar surface area (TPSA) is 110 Å². The number of carbonyl (C=O) groups excluding carboxylic acids is 3. The van der Waals surface area contributed by atoms with Crippen LogP contribution in [0.3, 0.4) is 0 Å². The number of alkyl halides is 2. The second kappa shape index (κ2) is 22.1. The molecular formula is C32H58F2N4O3. The fraction of sp³-hybridized carbons (Fsp3) is 0.719. The van der Waals surface area contributed by atoms with Crippen LogP contribution in [0, 0.1) is 11.8 Å². The number of imide groups is 1. The lowest BCUT2D eigenvalue weighted by Gasteiger charge is -2.25. The molecule has 0 aromatic carbocycles. The largest absolute Gasteiger partial charge is 0.369 e. The smallest absolute Gasteiger partial charge is 0.327 e.